The number of alkyl halides is 3. The number of carbonyl (C=O) groups is 1. The largest absolute Gasteiger partial charge is 0.477 e. The minimum absolute atomic E-state index is 0.0239. The molecule has 6 nitrogen and oxygen atoms in total. The first kappa shape index (κ1) is 19.2. The predicted molar refractivity (Wildman–Crippen MR) is 81.8 cm³/mol. The Bertz CT molecular complexity index is 715. The highest BCUT2D eigenvalue weighted by atomic mass is 32.2. The van der Waals surface area contributed by atoms with Crippen LogP contribution in [0.5, 0.6) is 0 Å². The second-order valence-electron chi connectivity index (χ2n) is 5.74. The quantitative estimate of drug-likeness (QED) is 0.780. The molecule has 24 heavy (non-hydrogen) atoms. The number of thiophene rings is 1. The number of carboxylic acid groups (broad SMARTS) is 1. The Morgan fingerprint density at radius 2 is 2.17 bits per heavy atom. The van der Waals surface area contributed by atoms with Gasteiger partial charge in [0.15, 0.2) is 0 Å². The van der Waals surface area contributed by atoms with Crippen molar-refractivity contribution in [2.75, 3.05) is 26.2 Å². The number of rotatable bonds is 6. The summed E-state index contributed by atoms with van der Waals surface area (Å²) in [5.41, 5.74) is 0.352. The lowest BCUT2D eigenvalue weighted by molar-refractivity contribution is -0.143. The van der Waals surface area contributed by atoms with Gasteiger partial charge in [0.25, 0.3) is 0 Å². The summed E-state index contributed by atoms with van der Waals surface area (Å²) in [4.78, 5) is 12.2. The van der Waals surface area contributed by atoms with Crippen LogP contribution in [0.25, 0.3) is 0 Å². The van der Waals surface area contributed by atoms with E-state index < -0.39 is 28.7 Å². The first-order valence-electron chi connectivity index (χ1n) is 7.10. The van der Waals surface area contributed by atoms with Crippen LogP contribution in [0.15, 0.2) is 10.3 Å². The van der Waals surface area contributed by atoms with Gasteiger partial charge in [0.05, 0.1) is 6.54 Å². The minimum Gasteiger partial charge on any atom is -0.477 e. The third kappa shape index (κ3) is 4.91. The van der Waals surface area contributed by atoms with Gasteiger partial charge >= 0.3 is 12.1 Å². The van der Waals surface area contributed by atoms with Crippen LogP contribution in [0, 0.1) is 12.8 Å². The number of aryl methyl sites for hydroxylation is 1. The summed E-state index contributed by atoms with van der Waals surface area (Å²) in [6.45, 7) is 0.975. The summed E-state index contributed by atoms with van der Waals surface area (Å²) in [6.07, 6.45) is -3.79. The highest BCUT2D eigenvalue weighted by molar-refractivity contribution is 7.91. The van der Waals surface area contributed by atoms with E-state index in [1.54, 1.807) is 0 Å². The van der Waals surface area contributed by atoms with E-state index in [1.165, 1.54) is 17.9 Å². The van der Waals surface area contributed by atoms with Crippen molar-refractivity contribution in [1.29, 1.82) is 0 Å². The molecule has 0 bridgehead atoms. The molecule has 1 atom stereocenters. The molecular formula is C13H17F3N2O4S2. The number of aromatic carboxylic acids is 1. The zero-order valence-corrected chi connectivity index (χ0v) is 14.4. The summed E-state index contributed by atoms with van der Waals surface area (Å²) < 4.78 is 63.7. The predicted octanol–water partition coefficient (Wildman–Crippen LogP) is 1.92. The Labute approximate surface area is 141 Å². The summed E-state index contributed by atoms with van der Waals surface area (Å²) in [5, 5.41) is 8.97. The molecule has 0 saturated carbocycles. The van der Waals surface area contributed by atoms with Crippen molar-refractivity contribution in [2.45, 2.75) is 23.7 Å². The zero-order valence-electron chi connectivity index (χ0n) is 12.8. The van der Waals surface area contributed by atoms with Crippen LogP contribution in [0.3, 0.4) is 0 Å². The Morgan fingerprint density at radius 3 is 2.71 bits per heavy atom. The molecule has 136 valence electrons. The standard InChI is InChI=1S/C13H17F3N2O4S2/c1-8-4-10(23-11(8)12(19)20)24(21,22)17-5-9-2-3-18(6-9)7-13(14,15)16/h4,9,17H,2-3,5-7H2,1H3,(H,19,20). The van der Waals surface area contributed by atoms with Crippen LogP contribution >= 0.6 is 11.3 Å². The van der Waals surface area contributed by atoms with E-state index in [0.717, 1.165) is 0 Å². The first-order valence-corrected chi connectivity index (χ1v) is 9.40. The van der Waals surface area contributed by atoms with Crippen LogP contribution in [-0.4, -0.2) is 56.7 Å². The highest BCUT2D eigenvalue weighted by Crippen LogP contribution is 2.27. The van der Waals surface area contributed by atoms with Crippen LogP contribution in [-0.2, 0) is 10.0 Å². The summed E-state index contributed by atoms with van der Waals surface area (Å²) in [5.74, 6) is -1.40. The number of likely N-dealkylation sites (tertiary alicyclic amines) is 1. The van der Waals surface area contributed by atoms with Gasteiger partial charge in [0.1, 0.15) is 9.09 Å². The van der Waals surface area contributed by atoms with Crippen molar-refractivity contribution < 1.29 is 31.5 Å². The van der Waals surface area contributed by atoms with Crippen molar-refractivity contribution in [3.8, 4) is 0 Å². The van der Waals surface area contributed by atoms with Gasteiger partial charge in [-0.3, -0.25) is 4.90 Å². The maximum Gasteiger partial charge on any atom is 0.401 e. The fraction of sp³-hybridized carbons (Fsp3) is 0.615. The Kier molecular flexibility index (Phi) is 5.57. The second-order valence-corrected chi connectivity index (χ2v) is 8.79. The fourth-order valence-corrected chi connectivity index (χ4v) is 5.11. The van der Waals surface area contributed by atoms with E-state index in [0.29, 0.717) is 23.3 Å². The van der Waals surface area contributed by atoms with E-state index in [1.807, 2.05) is 0 Å². The molecule has 0 aromatic carbocycles. The van der Waals surface area contributed by atoms with E-state index in [2.05, 4.69) is 4.72 Å². The smallest absolute Gasteiger partial charge is 0.401 e. The maximum atomic E-state index is 12.3. The first-order chi connectivity index (χ1) is 11.0. The van der Waals surface area contributed by atoms with Gasteiger partial charge in [-0.1, -0.05) is 0 Å². The molecule has 1 aliphatic heterocycles. The number of nitrogens with zero attached hydrogens (tertiary/aromatic N) is 1. The molecule has 2 heterocycles. The van der Waals surface area contributed by atoms with Crippen molar-refractivity contribution in [1.82, 2.24) is 9.62 Å². The van der Waals surface area contributed by atoms with Crippen molar-refractivity contribution in [3.63, 3.8) is 0 Å². The third-order valence-corrected chi connectivity index (χ3v) is 6.81. The van der Waals surface area contributed by atoms with E-state index in [-0.39, 0.29) is 34.6 Å². The number of nitrogens with one attached hydrogen (secondary N) is 1. The molecule has 0 spiro atoms. The lowest BCUT2D eigenvalue weighted by Crippen LogP contribution is -2.34. The van der Waals surface area contributed by atoms with E-state index in [4.69, 9.17) is 5.11 Å². The molecule has 1 fully saturated rings. The lowest BCUT2D eigenvalue weighted by Gasteiger charge is -2.17. The summed E-state index contributed by atoms with van der Waals surface area (Å²) in [7, 11) is -3.87. The third-order valence-electron chi connectivity index (χ3n) is 3.69. The number of sulfonamides is 1. The minimum atomic E-state index is -4.27. The lowest BCUT2D eigenvalue weighted by atomic mass is 10.1. The topological polar surface area (TPSA) is 86.7 Å². The molecule has 0 amide bonds. The fourth-order valence-electron chi connectivity index (χ4n) is 2.57. The van der Waals surface area contributed by atoms with Gasteiger partial charge in [-0.15, -0.1) is 11.3 Å². The molecule has 0 aliphatic carbocycles. The molecule has 1 unspecified atom stereocenters. The van der Waals surface area contributed by atoms with Gasteiger partial charge < -0.3 is 5.11 Å². The number of hydrogen-bond donors (Lipinski definition) is 2. The maximum absolute atomic E-state index is 12.3. The van der Waals surface area contributed by atoms with Gasteiger partial charge in [-0.05, 0) is 37.4 Å². The molecule has 2 N–H and O–H groups in total. The van der Waals surface area contributed by atoms with Gasteiger partial charge in [0, 0.05) is 13.1 Å². The molecule has 1 aromatic heterocycles. The number of halogens is 3. The van der Waals surface area contributed by atoms with E-state index >= 15 is 0 Å². The molecular weight excluding hydrogens is 369 g/mol. The van der Waals surface area contributed by atoms with Gasteiger partial charge in [-0.25, -0.2) is 17.9 Å². The zero-order chi connectivity index (χ0) is 18.1. The van der Waals surface area contributed by atoms with Crippen LogP contribution in [0.1, 0.15) is 21.7 Å². The summed E-state index contributed by atoms with van der Waals surface area (Å²) >= 11 is 0.656. The van der Waals surface area contributed by atoms with Crippen LogP contribution in [0.2, 0.25) is 0 Å². The second kappa shape index (κ2) is 6.98. The molecule has 2 rings (SSSR count). The Morgan fingerprint density at radius 1 is 1.50 bits per heavy atom. The average molecular weight is 386 g/mol. The Hall–Kier alpha value is -1.17. The highest BCUT2D eigenvalue weighted by Gasteiger charge is 2.34. The van der Waals surface area contributed by atoms with E-state index in [9.17, 15) is 26.4 Å². The number of carboxylic acids is 1. The SMILES string of the molecule is Cc1cc(S(=O)(=O)NCC2CCN(CC(F)(F)F)C2)sc1C(=O)O. The molecule has 1 saturated heterocycles. The van der Waals surface area contributed by atoms with Crippen LogP contribution < -0.4 is 4.72 Å². The van der Waals surface area contributed by atoms with Crippen LogP contribution in [0.4, 0.5) is 13.2 Å². The number of hydrogen-bond acceptors (Lipinski definition) is 5. The normalized spacial score (nSPS) is 19.8. The van der Waals surface area contributed by atoms with Gasteiger partial charge in [-0.2, -0.15) is 13.2 Å². The van der Waals surface area contributed by atoms with Gasteiger partial charge in [0.2, 0.25) is 10.0 Å². The average Bonchev–Trinajstić information content (AvgIpc) is 3.01. The molecule has 11 heteroatoms. The van der Waals surface area contributed by atoms with Crippen molar-refractivity contribution in [3.05, 3.63) is 16.5 Å². The molecule has 1 aromatic rings. The molecule has 1 aliphatic rings. The molecule has 0 radical (unpaired) electrons. The van der Waals surface area contributed by atoms with Crippen molar-refractivity contribution >= 4 is 27.3 Å². The summed E-state index contributed by atoms with van der Waals surface area (Å²) in [6, 6.07) is 1.28. The monoisotopic (exact) mass is 386 g/mol. The Balaban J connectivity index is 1.94. The van der Waals surface area contributed by atoms with Crippen molar-refractivity contribution in [2.24, 2.45) is 5.92 Å².